The highest BCUT2D eigenvalue weighted by atomic mass is 16.7. The molecule has 0 spiro atoms. The molecule has 1 heterocycles. The molecule has 0 amide bonds. The predicted octanol–water partition coefficient (Wildman–Crippen LogP) is 5.15. The second kappa shape index (κ2) is 7.62. The Morgan fingerprint density at radius 1 is 0.926 bits per heavy atom. The Kier molecular flexibility index (Phi) is 4.88. The molecule has 3 aromatic carbocycles. The summed E-state index contributed by atoms with van der Waals surface area (Å²) >= 11 is 0. The number of fused-ring (bicyclic) bond motifs is 1. The summed E-state index contributed by atoms with van der Waals surface area (Å²) in [5, 5.41) is 0. The molecular formula is C23H22O4. The quantitative estimate of drug-likeness (QED) is 0.607. The van der Waals surface area contributed by atoms with Gasteiger partial charge in [-0.25, -0.2) is 0 Å². The van der Waals surface area contributed by atoms with Gasteiger partial charge in [-0.2, -0.15) is 0 Å². The molecule has 0 N–H and O–H groups in total. The maximum atomic E-state index is 5.88. The topological polar surface area (TPSA) is 36.9 Å². The fourth-order valence-electron chi connectivity index (χ4n) is 3.23. The van der Waals surface area contributed by atoms with E-state index in [1.165, 1.54) is 5.56 Å². The molecule has 4 heteroatoms. The van der Waals surface area contributed by atoms with E-state index in [9.17, 15) is 0 Å². The molecule has 0 fully saturated rings. The second-order valence-electron chi connectivity index (χ2n) is 6.51. The van der Waals surface area contributed by atoms with E-state index >= 15 is 0 Å². The highest BCUT2D eigenvalue weighted by Crippen LogP contribution is 2.42. The molecule has 1 aliphatic rings. The van der Waals surface area contributed by atoms with Crippen LogP contribution in [0.3, 0.4) is 0 Å². The van der Waals surface area contributed by atoms with Crippen LogP contribution in [0.15, 0.2) is 66.7 Å². The molecule has 1 unspecified atom stereocenters. The van der Waals surface area contributed by atoms with E-state index in [2.05, 4.69) is 31.2 Å². The van der Waals surface area contributed by atoms with E-state index in [1.54, 1.807) is 7.11 Å². The Morgan fingerprint density at radius 2 is 1.63 bits per heavy atom. The van der Waals surface area contributed by atoms with Gasteiger partial charge < -0.3 is 18.9 Å². The molecule has 0 aromatic heterocycles. The van der Waals surface area contributed by atoms with Crippen molar-refractivity contribution in [3.8, 4) is 23.0 Å². The first kappa shape index (κ1) is 17.3. The fourth-order valence-corrected chi connectivity index (χ4v) is 3.23. The average Bonchev–Trinajstić information content (AvgIpc) is 3.19. The molecule has 0 bridgehead atoms. The first-order valence-corrected chi connectivity index (χ1v) is 8.99. The molecule has 0 aliphatic carbocycles. The zero-order valence-corrected chi connectivity index (χ0v) is 15.5. The second-order valence-corrected chi connectivity index (χ2v) is 6.51. The van der Waals surface area contributed by atoms with Gasteiger partial charge in [0.05, 0.1) is 7.11 Å². The van der Waals surface area contributed by atoms with Crippen LogP contribution in [0, 0.1) is 0 Å². The fraction of sp³-hybridized carbons (Fsp3) is 0.217. The summed E-state index contributed by atoms with van der Waals surface area (Å²) in [6.07, 6.45) is 0. The average molecular weight is 362 g/mol. The Morgan fingerprint density at radius 3 is 2.33 bits per heavy atom. The van der Waals surface area contributed by atoms with Gasteiger partial charge in [0.2, 0.25) is 6.79 Å². The molecule has 4 rings (SSSR count). The Hall–Kier alpha value is -3.14. The summed E-state index contributed by atoms with van der Waals surface area (Å²) < 4.78 is 22.4. The van der Waals surface area contributed by atoms with Gasteiger partial charge in [0, 0.05) is 17.5 Å². The van der Waals surface area contributed by atoms with Gasteiger partial charge >= 0.3 is 0 Å². The minimum absolute atomic E-state index is 0.151. The van der Waals surface area contributed by atoms with Crippen molar-refractivity contribution in [3.63, 3.8) is 0 Å². The van der Waals surface area contributed by atoms with E-state index in [0.717, 1.165) is 34.1 Å². The van der Waals surface area contributed by atoms with Gasteiger partial charge in [0.25, 0.3) is 0 Å². The normalized spacial score (nSPS) is 13.3. The van der Waals surface area contributed by atoms with Gasteiger partial charge in [-0.05, 0) is 29.3 Å². The zero-order valence-electron chi connectivity index (χ0n) is 15.5. The largest absolute Gasteiger partial charge is 0.496 e. The highest BCUT2D eigenvalue weighted by molar-refractivity contribution is 5.54. The molecule has 1 atom stereocenters. The molecule has 0 saturated carbocycles. The van der Waals surface area contributed by atoms with Crippen molar-refractivity contribution >= 4 is 0 Å². The molecule has 138 valence electrons. The van der Waals surface area contributed by atoms with Crippen LogP contribution < -0.4 is 18.9 Å². The number of hydrogen-bond donors (Lipinski definition) is 0. The molecule has 4 nitrogen and oxygen atoms in total. The van der Waals surface area contributed by atoms with Crippen LogP contribution in [0.2, 0.25) is 0 Å². The summed E-state index contributed by atoms with van der Waals surface area (Å²) in [7, 11) is 1.67. The van der Waals surface area contributed by atoms with Crippen molar-refractivity contribution in [2.75, 3.05) is 13.9 Å². The third-order valence-corrected chi connectivity index (χ3v) is 4.82. The Bertz CT molecular complexity index is 904. The van der Waals surface area contributed by atoms with Gasteiger partial charge in [-0.1, -0.05) is 49.4 Å². The first-order chi connectivity index (χ1) is 13.2. The van der Waals surface area contributed by atoms with E-state index in [0.29, 0.717) is 6.61 Å². The summed E-state index contributed by atoms with van der Waals surface area (Å²) in [6, 6.07) is 22.3. The van der Waals surface area contributed by atoms with E-state index in [4.69, 9.17) is 18.9 Å². The molecule has 27 heavy (non-hydrogen) atoms. The van der Waals surface area contributed by atoms with Crippen molar-refractivity contribution in [1.82, 2.24) is 0 Å². The van der Waals surface area contributed by atoms with Crippen LogP contribution in [-0.4, -0.2) is 13.9 Å². The Labute approximate surface area is 159 Å². The van der Waals surface area contributed by atoms with Gasteiger partial charge in [0.1, 0.15) is 18.1 Å². The standard InChI is InChI=1S/C23H22O4/c1-16(20-12-22-23(27-15-26-22)13-21(20)24-2)18-8-10-19(11-9-18)25-14-17-6-4-3-5-7-17/h3-13,16H,14-15H2,1-2H3. The number of ether oxygens (including phenoxy) is 4. The number of rotatable bonds is 6. The van der Waals surface area contributed by atoms with Crippen molar-refractivity contribution in [3.05, 3.63) is 83.4 Å². The van der Waals surface area contributed by atoms with Crippen molar-refractivity contribution in [2.45, 2.75) is 19.4 Å². The van der Waals surface area contributed by atoms with Crippen molar-refractivity contribution in [2.24, 2.45) is 0 Å². The maximum Gasteiger partial charge on any atom is 0.231 e. The zero-order chi connectivity index (χ0) is 18.6. The summed E-state index contributed by atoms with van der Waals surface area (Å²) in [5.74, 6) is 3.30. The molecule has 3 aromatic rings. The van der Waals surface area contributed by atoms with E-state index in [-0.39, 0.29) is 12.7 Å². The molecule has 0 saturated heterocycles. The third-order valence-electron chi connectivity index (χ3n) is 4.82. The summed E-state index contributed by atoms with van der Waals surface area (Å²) in [6.45, 7) is 2.97. The molecular weight excluding hydrogens is 340 g/mol. The number of hydrogen-bond acceptors (Lipinski definition) is 4. The van der Waals surface area contributed by atoms with Gasteiger partial charge in [-0.15, -0.1) is 0 Å². The third kappa shape index (κ3) is 3.70. The van der Waals surface area contributed by atoms with Crippen molar-refractivity contribution < 1.29 is 18.9 Å². The lowest BCUT2D eigenvalue weighted by Gasteiger charge is -2.17. The smallest absolute Gasteiger partial charge is 0.231 e. The maximum absolute atomic E-state index is 5.88. The molecule has 1 aliphatic heterocycles. The van der Waals surface area contributed by atoms with Gasteiger partial charge in [0.15, 0.2) is 11.5 Å². The van der Waals surface area contributed by atoms with Gasteiger partial charge in [-0.3, -0.25) is 0 Å². The lowest BCUT2D eigenvalue weighted by atomic mass is 9.92. The minimum Gasteiger partial charge on any atom is -0.496 e. The first-order valence-electron chi connectivity index (χ1n) is 8.99. The minimum atomic E-state index is 0.151. The van der Waals surface area contributed by atoms with E-state index in [1.807, 2.05) is 42.5 Å². The predicted molar refractivity (Wildman–Crippen MR) is 104 cm³/mol. The monoisotopic (exact) mass is 362 g/mol. The lowest BCUT2D eigenvalue weighted by molar-refractivity contribution is 0.174. The van der Waals surface area contributed by atoms with Crippen molar-refractivity contribution in [1.29, 1.82) is 0 Å². The van der Waals surface area contributed by atoms with Crippen LogP contribution in [-0.2, 0) is 6.61 Å². The van der Waals surface area contributed by atoms with Crippen LogP contribution >= 0.6 is 0 Å². The number of benzene rings is 3. The summed E-state index contributed by atoms with van der Waals surface area (Å²) in [4.78, 5) is 0. The number of methoxy groups -OCH3 is 1. The van der Waals surface area contributed by atoms with Crippen LogP contribution in [0.25, 0.3) is 0 Å². The van der Waals surface area contributed by atoms with Crippen LogP contribution in [0.1, 0.15) is 29.5 Å². The highest BCUT2D eigenvalue weighted by Gasteiger charge is 2.21. The Balaban J connectivity index is 1.50. The summed E-state index contributed by atoms with van der Waals surface area (Å²) in [5.41, 5.74) is 3.40. The molecule has 0 radical (unpaired) electrons. The van der Waals surface area contributed by atoms with E-state index < -0.39 is 0 Å². The lowest BCUT2D eigenvalue weighted by Crippen LogP contribution is -2.00. The SMILES string of the molecule is COc1cc2c(cc1C(C)c1ccc(OCc3ccccc3)cc1)OCO2. The van der Waals surface area contributed by atoms with Crippen LogP contribution in [0.5, 0.6) is 23.0 Å². The van der Waals surface area contributed by atoms with Crippen LogP contribution in [0.4, 0.5) is 0 Å².